The van der Waals surface area contributed by atoms with Crippen LogP contribution in [0.3, 0.4) is 0 Å². The number of carboxylic acids is 1. The largest absolute Gasteiger partial charge is 0.480 e. The number of halogens is 1. The summed E-state index contributed by atoms with van der Waals surface area (Å²) < 4.78 is 19.4. The molecular weight excluding hydrogens is 417 g/mol. The number of hydrogen-bond donors (Lipinski definition) is 3. The Morgan fingerprint density at radius 1 is 1.31 bits per heavy atom. The van der Waals surface area contributed by atoms with E-state index in [2.05, 4.69) is 37.9 Å². The highest BCUT2D eigenvalue weighted by Crippen LogP contribution is 2.20. The van der Waals surface area contributed by atoms with Crippen LogP contribution in [0.15, 0.2) is 18.3 Å². The third-order valence-electron chi connectivity index (χ3n) is 5.28. The maximum atomic E-state index is 13.8. The molecule has 0 spiro atoms. The molecule has 0 bridgehead atoms. The van der Waals surface area contributed by atoms with Gasteiger partial charge in [0.25, 0.3) is 5.91 Å². The molecule has 1 aliphatic heterocycles. The Morgan fingerprint density at radius 2 is 2.16 bits per heavy atom. The van der Waals surface area contributed by atoms with Crippen LogP contribution < -0.4 is 10.6 Å². The number of carboxylic acid groups (broad SMARTS) is 1. The van der Waals surface area contributed by atoms with Gasteiger partial charge in [0, 0.05) is 31.9 Å². The van der Waals surface area contributed by atoms with Crippen LogP contribution in [-0.4, -0.2) is 58.0 Å². The van der Waals surface area contributed by atoms with Gasteiger partial charge in [-0.2, -0.15) is 10.2 Å². The van der Waals surface area contributed by atoms with Crippen molar-refractivity contribution < 1.29 is 23.8 Å². The van der Waals surface area contributed by atoms with E-state index in [1.165, 1.54) is 12.5 Å². The van der Waals surface area contributed by atoms with Crippen LogP contribution >= 0.6 is 0 Å². The molecule has 0 aromatic carbocycles. The number of pyridine rings is 1. The van der Waals surface area contributed by atoms with E-state index in [0.717, 1.165) is 56.4 Å². The zero-order chi connectivity index (χ0) is 22.9. The molecule has 172 valence electrons. The average molecular weight is 445 g/mol. The van der Waals surface area contributed by atoms with Crippen LogP contribution in [0.25, 0.3) is 0 Å². The molecule has 3 rings (SSSR count). The summed E-state index contributed by atoms with van der Waals surface area (Å²) in [6.07, 6.45) is 5.64. The maximum Gasteiger partial charge on any atom is 0.326 e. The molecule has 0 saturated heterocycles. The predicted molar refractivity (Wildman–Crippen MR) is 115 cm³/mol. The predicted octanol–water partition coefficient (Wildman–Crippen LogP) is 2.29. The third-order valence-corrected chi connectivity index (χ3v) is 5.28. The number of aryl methyl sites for hydroxylation is 3. The molecule has 9 nitrogen and oxygen atoms in total. The number of nitrogens with zero attached hydrogens (tertiary/aromatic N) is 3. The molecule has 2 aromatic rings. The molecule has 0 radical (unpaired) electrons. The van der Waals surface area contributed by atoms with Crippen molar-refractivity contribution >= 4 is 17.7 Å². The van der Waals surface area contributed by atoms with Gasteiger partial charge in [-0.15, -0.1) is 0 Å². The number of rotatable bonds is 11. The van der Waals surface area contributed by atoms with Crippen LogP contribution in [0, 0.1) is 12.7 Å². The van der Waals surface area contributed by atoms with Gasteiger partial charge in [-0.1, -0.05) is 6.07 Å². The summed E-state index contributed by atoms with van der Waals surface area (Å²) in [5.41, 5.74) is 2.09. The van der Waals surface area contributed by atoms with Gasteiger partial charge in [0.2, 0.25) is 0 Å². The molecular formula is C22H28FN5O4. The van der Waals surface area contributed by atoms with E-state index < -0.39 is 23.7 Å². The number of carbonyl (C=O) groups is 2. The molecule has 0 saturated carbocycles. The molecule has 1 amide bonds. The number of unbranched alkanes of at least 4 members (excludes halogenated alkanes) is 1. The minimum absolute atomic E-state index is 0.0678. The number of hydrogen-bond acceptors (Lipinski definition) is 7. The van der Waals surface area contributed by atoms with Crippen molar-refractivity contribution in [3.63, 3.8) is 0 Å². The summed E-state index contributed by atoms with van der Waals surface area (Å²) >= 11 is 0. The Morgan fingerprint density at radius 3 is 2.94 bits per heavy atom. The van der Waals surface area contributed by atoms with Crippen LogP contribution in [-0.2, 0) is 22.4 Å². The lowest BCUT2D eigenvalue weighted by atomic mass is 10.1. The van der Waals surface area contributed by atoms with Crippen molar-refractivity contribution in [1.29, 1.82) is 0 Å². The molecule has 1 atom stereocenters. The second-order valence-corrected chi connectivity index (χ2v) is 7.72. The molecule has 3 N–H and O–H groups in total. The van der Waals surface area contributed by atoms with E-state index in [0.29, 0.717) is 6.61 Å². The van der Waals surface area contributed by atoms with Crippen molar-refractivity contribution in [1.82, 2.24) is 20.5 Å². The molecule has 0 fully saturated rings. The quantitative estimate of drug-likeness (QED) is 0.450. The summed E-state index contributed by atoms with van der Waals surface area (Å²) in [6.45, 7) is 3.03. The van der Waals surface area contributed by atoms with Crippen molar-refractivity contribution in [2.45, 2.75) is 51.5 Å². The minimum atomic E-state index is -1.21. The Hall–Kier alpha value is -3.14. The molecule has 2 aromatic heterocycles. The van der Waals surface area contributed by atoms with Gasteiger partial charge in [-0.3, -0.25) is 4.79 Å². The van der Waals surface area contributed by atoms with E-state index in [-0.39, 0.29) is 24.3 Å². The summed E-state index contributed by atoms with van der Waals surface area (Å²) in [5, 5.41) is 22.1. The number of nitrogens with one attached hydrogen (secondary N) is 2. The average Bonchev–Trinajstić information content (AvgIpc) is 2.77. The van der Waals surface area contributed by atoms with E-state index in [9.17, 15) is 19.1 Å². The number of aliphatic carboxylic acids is 1. The molecule has 32 heavy (non-hydrogen) atoms. The first-order valence-electron chi connectivity index (χ1n) is 10.8. The third kappa shape index (κ3) is 6.43. The summed E-state index contributed by atoms with van der Waals surface area (Å²) in [5.74, 6) is -1.91. The summed E-state index contributed by atoms with van der Waals surface area (Å²) in [7, 11) is 0. The van der Waals surface area contributed by atoms with Crippen molar-refractivity contribution in [3.05, 3.63) is 46.7 Å². The van der Waals surface area contributed by atoms with Gasteiger partial charge in [-0.05, 0) is 50.7 Å². The van der Waals surface area contributed by atoms with E-state index >= 15 is 0 Å². The number of ether oxygens (including phenoxy) is 1. The highest BCUT2D eigenvalue weighted by molar-refractivity contribution is 5.97. The smallest absolute Gasteiger partial charge is 0.326 e. The highest BCUT2D eigenvalue weighted by Gasteiger charge is 2.24. The molecule has 10 heteroatoms. The Bertz CT molecular complexity index is 936. The van der Waals surface area contributed by atoms with E-state index in [1.54, 1.807) is 0 Å². The Balaban J connectivity index is 1.36. The van der Waals surface area contributed by atoms with Gasteiger partial charge in [-0.25, -0.2) is 14.2 Å². The Kier molecular flexibility index (Phi) is 8.43. The van der Waals surface area contributed by atoms with Crippen LogP contribution in [0.4, 0.5) is 10.2 Å². The lowest BCUT2D eigenvalue weighted by Crippen LogP contribution is -2.42. The summed E-state index contributed by atoms with van der Waals surface area (Å²) in [6, 6.07) is 3.01. The second-order valence-electron chi connectivity index (χ2n) is 7.72. The maximum absolute atomic E-state index is 13.8. The first-order chi connectivity index (χ1) is 15.5. The number of anilines is 1. The van der Waals surface area contributed by atoms with Crippen LogP contribution in [0.2, 0.25) is 0 Å². The van der Waals surface area contributed by atoms with Gasteiger partial charge in [0.1, 0.15) is 11.9 Å². The monoisotopic (exact) mass is 445 g/mol. The van der Waals surface area contributed by atoms with Crippen molar-refractivity contribution in [2.75, 3.05) is 25.1 Å². The molecule has 1 unspecified atom stereocenters. The van der Waals surface area contributed by atoms with Crippen LogP contribution in [0.5, 0.6) is 0 Å². The van der Waals surface area contributed by atoms with Gasteiger partial charge < -0.3 is 20.5 Å². The number of aromatic nitrogens is 3. The fraction of sp³-hybridized carbons (Fsp3) is 0.500. The number of fused-ring (bicyclic) bond motifs is 1. The molecule has 1 aliphatic rings. The number of carbonyl (C=O) groups excluding carboxylic acids is 1. The zero-order valence-corrected chi connectivity index (χ0v) is 18.1. The fourth-order valence-corrected chi connectivity index (χ4v) is 3.54. The second kappa shape index (κ2) is 11.5. The fourth-order valence-electron chi connectivity index (χ4n) is 3.54. The lowest BCUT2D eigenvalue weighted by molar-refractivity contribution is -0.139. The Labute approximate surface area is 185 Å². The SMILES string of the molecule is Cc1nncc(F)c1C(=O)NC(CCOCCCCc1ccc2c(n1)NCCC2)C(=O)O. The normalized spacial score (nSPS) is 13.7. The zero-order valence-electron chi connectivity index (χ0n) is 18.1. The van der Waals surface area contributed by atoms with Gasteiger partial charge in [0.15, 0.2) is 5.82 Å². The van der Waals surface area contributed by atoms with Crippen molar-refractivity contribution in [3.8, 4) is 0 Å². The molecule has 0 aliphatic carbocycles. The van der Waals surface area contributed by atoms with Gasteiger partial charge >= 0.3 is 5.97 Å². The molecule has 3 heterocycles. The van der Waals surface area contributed by atoms with Crippen molar-refractivity contribution in [2.24, 2.45) is 0 Å². The lowest BCUT2D eigenvalue weighted by Gasteiger charge is -2.17. The van der Waals surface area contributed by atoms with E-state index in [4.69, 9.17) is 4.74 Å². The highest BCUT2D eigenvalue weighted by atomic mass is 19.1. The topological polar surface area (TPSA) is 126 Å². The summed E-state index contributed by atoms with van der Waals surface area (Å²) in [4.78, 5) is 28.4. The van der Waals surface area contributed by atoms with Crippen LogP contribution in [0.1, 0.15) is 53.0 Å². The first kappa shape index (κ1) is 23.5. The minimum Gasteiger partial charge on any atom is -0.480 e. The number of amides is 1. The van der Waals surface area contributed by atoms with E-state index in [1.807, 2.05) is 0 Å². The standard InChI is InChI=1S/C22H28FN5O4/c1-14-19(17(23)13-25-28-14)21(29)27-18(22(30)31)9-12-32-11-3-2-6-16-8-7-15-5-4-10-24-20(15)26-16/h7-8,13,18H,2-6,9-12H2,1H3,(H,24,26)(H,27,29)(H,30,31). The van der Waals surface area contributed by atoms with Gasteiger partial charge in [0.05, 0.1) is 17.5 Å². The first-order valence-corrected chi connectivity index (χ1v) is 10.8.